The van der Waals surface area contributed by atoms with Crippen molar-refractivity contribution < 1.29 is 43.2 Å². The second-order valence-corrected chi connectivity index (χ2v) is 21.2. The molecule has 5 rings (SSSR count). The minimum atomic E-state index is -1.44. The molecule has 0 unspecified atom stereocenters. The SMILES string of the molecule is CCCCCCCC(=O)N[C@H](CCN)C(=O)N[C@H]1CCNC(=O)[C@H](Cc2c[nH]c3ccccc23)NC(=O)[C@H](CCN)NC(=O)[C@H](CCN)NC(=O)[C@H](CC(C)C)NC(=O)[C@@H](C2Cc3ccccc3C2)NC(=O)[C@H](CCN)NC1=O. The first-order chi connectivity index (χ1) is 38.0. The molecular weight excluding hydrogens is 1010 g/mol. The van der Waals surface area contributed by atoms with Crippen LogP contribution in [-0.4, -0.2) is 139 Å². The average Bonchev–Trinajstić information content (AvgIpc) is 4.07. The Morgan fingerprint density at radius 1 is 0.620 bits per heavy atom. The first-order valence-electron chi connectivity index (χ1n) is 28.1. The van der Waals surface area contributed by atoms with Gasteiger partial charge in [0.1, 0.15) is 48.3 Å². The van der Waals surface area contributed by atoms with Crippen molar-refractivity contribution in [1.82, 2.24) is 52.8 Å². The van der Waals surface area contributed by atoms with Crippen molar-refractivity contribution in [2.45, 2.75) is 165 Å². The number of amides is 9. The summed E-state index contributed by atoms with van der Waals surface area (Å²) in [5.41, 5.74) is 27.3. The number of hydrogen-bond acceptors (Lipinski definition) is 13. The number of aromatic nitrogens is 1. The molecule has 23 nitrogen and oxygen atoms in total. The third kappa shape index (κ3) is 19.1. The van der Waals surface area contributed by atoms with Crippen LogP contribution in [0.2, 0.25) is 0 Å². The molecule has 0 bridgehead atoms. The molecule has 1 saturated heterocycles. The average molecular weight is 1100 g/mol. The molecule has 2 aromatic carbocycles. The largest absolute Gasteiger partial charge is 0.361 e. The van der Waals surface area contributed by atoms with Crippen molar-refractivity contribution in [2.24, 2.45) is 34.8 Å². The lowest BCUT2D eigenvalue weighted by Crippen LogP contribution is -2.61. The minimum absolute atomic E-state index is 0.0118. The van der Waals surface area contributed by atoms with E-state index in [0.717, 1.165) is 47.7 Å². The van der Waals surface area contributed by atoms with Gasteiger partial charge in [-0.25, -0.2) is 0 Å². The van der Waals surface area contributed by atoms with E-state index >= 15 is 0 Å². The maximum absolute atomic E-state index is 14.8. The van der Waals surface area contributed by atoms with E-state index in [1.54, 1.807) is 6.20 Å². The molecule has 23 heteroatoms. The van der Waals surface area contributed by atoms with Crippen molar-refractivity contribution in [3.63, 3.8) is 0 Å². The van der Waals surface area contributed by atoms with E-state index in [1.165, 1.54) is 0 Å². The summed E-state index contributed by atoms with van der Waals surface area (Å²) in [6.07, 6.45) is 6.76. The lowest BCUT2D eigenvalue weighted by molar-refractivity contribution is -0.136. The van der Waals surface area contributed by atoms with Gasteiger partial charge in [-0.05, 0) is 119 Å². The summed E-state index contributed by atoms with van der Waals surface area (Å²) in [6, 6.07) is 4.71. The van der Waals surface area contributed by atoms with Crippen LogP contribution in [0.15, 0.2) is 54.7 Å². The van der Waals surface area contributed by atoms with Gasteiger partial charge in [0.05, 0.1) is 0 Å². The predicted molar refractivity (Wildman–Crippen MR) is 300 cm³/mol. The van der Waals surface area contributed by atoms with Gasteiger partial charge in [-0.2, -0.15) is 0 Å². The molecule has 3 aromatic rings. The Morgan fingerprint density at radius 3 is 1.76 bits per heavy atom. The van der Waals surface area contributed by atoms with Gasteiger partial charge in [0.15, 0.2) is 0 Å². The molecule has 0 radical (unpaired) electrons. The number of nitrogens with one attached hydrogen (secondary N) is 10. The number of fused-ring (bicyclic) bond motifs is 2. The second kappa shape index (κ2) is 32.2. The summed E-state index contributed by atoms with van der Waals surface area (Å²) in [5.74, 6) is -7.01. The maximum Gasteiger partial charge on any atom is 0.243 e. The van der Waals surface area contributed by atoms with Crippen LogP contribution < -0.4 is 70.8 Å². The molecule has 434 valence electrons. The summed E-state index contributed by atoms with van der Waals surface area (Å²) >= 11 is 0. The number of para-hydroxylation sites is 1. The van der Waals surface area contributed by atoms with Gasteiger partial charge in [-0.1, -0.05) is 88.9 Å². The Bertz CT molecular complexity index is 2510. The van der Waals surface area contributed by atoms with Crippen LogP contribution in [0.3, 0.4) is 0 Å². The fourth-order valence-corrected chi connectivity index (χ4v) is 10.2. The van der Waals surface area contributed by atoms with E-state index in [0.29, 0.717) is 24.8 Å². The third-order valence-corrected chi connectivity index (χ3v) is 14.5. The standard InChI is InChI=1S/C56H86N14O9/c1-4-5-6-7-8-17-47(71)63-40(18-23-57)50(73)67-44-22-27-61-49(72)46(31-37-32-62-39-16-12-11-15-38(37)39)68-52(75)42(20-25-59)64-51(74)41(19-24-58)66-55(78)45(28-33(2)3)69-56(79)48(36-29-34-13-9-10-14-35(34)30-36)70-54(77)43(21-26-60)65-53(44)76/h9-16,32-33,36,40-46,48,62H,4-8,17-31,57-60H2,1-3H3,(H,61,72)(H,63,71)(H,64,74)(H,65,76)(H,66,78)(H,67,73)(H,68,75)(H,69,79)(H,70,77)/t40-,41+,42+,43+,44+,45+,46+,48-/m1/s1. The van der Waals surface area contributed by atoms with Gasteiger partial charge in [0, 0.05) is 36.5 Å². The number of hydrogen-bond donors (Lipinski definition) is 14. The van der Waals surface area contributed by atoms with Gasteiger partial charge >= 0.3 is 0 Å². The van der Waals surface area contributed by atoms with Crippen molar-refractivity contribution in [2.75, 3.05) is 32.7 Å². The highest BCUT2D eigenvalue weighted by atomic mass is 16.2. The van der Waals surface area contributed by atoms with E-state index in [9.17, 15) is 43.2 Å². The van der Waals surface area contributed by atoms with Gasteiger partial charge < -0.3 is 75.8 Å². The number of benzene rings is 2. The van der Waals surface area contributed by atoms with Crippen LogP contribution in [0.4, 0.5) is 0 Å². The van der Waals surface area contributed by atoms with Gasteiger partial charge in [0.25, 0.3) is 0 Å². The molecule has 1 fully saturated rings. The molecule has 0 spiro atoms. The van der Waals surface area contributed by atoms with E-state index in [1.807, 2.05) is 62.4 Å². The molecule has 18 N–H and O–H groups in total. The molecule has 8 atom stereocenters. The number of H-pyrrole nitrogens is 1. The second-order valence-electron chi connectivity index (χ2n) is 21.2. The lowest BCUT2D eigenvalue weighted by atomic mass is 9.94. The van der Waals surface area contributed by atoms with Crippen molar-refractivity contribution >= 4 is 64.1 Å². The van der Waals surface area contributed by atoms with Crippen LogP contribution in [0.1, 0.15) is 115 Å². The zero-order chi connectivity index (χ0) is 57.4. The molecule has 1 aliphatic carbocycles. The van der Waals surface area contributed by atoms with Gasteiger partial charge in [-0.15, -0.1) is 0 Å². The number of nitrogens with two attached hydrogens (primary N) is 4. The quantitative estimate of drug-likeness (QED) is 0.0556. The Hall–Kier alpha value is -6.95. The number of carbonyl (C=O) groups excluding carboxylic acids is 9. The molecule has 9 amide bonds. The summed E-state index contributed by atoms with van der Waals surface area (Å²) in [5, 5.41) is 25.8. The molecule has 1 aromatic heterocycles. The number of rotatable bonds is 22. The van der Waals surface area contributed by atoms with E-state index in [4.69, 9.17) is 22.9 Å². The summed E-state index contributed by atoms with van der Waals surface area (Å²) < 4.78 is 0. The van der Waals surface area contributed by atoms with Crippen LogP contribution in [0.5, 0.6) is 0 Å². The molecule has 0 saturated carbocycles. The highest BCUT2D eigenvalue weighted by molar-refractivity contribution is 5.98. The van der Waals surface area contributed by atoms with Crippen molar-refractivity contribution in [3.8, 4) is 0 Å². The molecular formula is C56H86N14O9. The maximum atomic E-state index is 14.8. The van der Waals surface area contributed by atoms with Crippen LogP contribution in [0.25, 0.3) is 10.9 Å². The Balaban J connectivity index is 1.55. The summed E-state index contributed by atoms with van der Waals surface area (Å²) in [7, 11) is 0. The molecule has 2 heterocycles. The predicted octanol–water partition coefficient (Wildman–Crippen LogP) is -0.675. The molecule has 79 heavy (non-hydrogen) atoms. The molecule has 2 aliphatic rings. The topological polar surface area (TPSA) is 382 Å². The van der Waals surface area contributed by atoms with Crippen LogP contribution in [0, 0.1) is 11.8 Å². The summed E-state index contributed by atoms with van der Waals surface area (Å²) in [4.78, 5) is 132. The molecule has 1 aliphatic heterocycles. The Kier molecular flexibility index (Phi) is 25.6. The monoisotopic (exact) mass is 1100 g/mol. The first kappa shape index (κ1) is 62.9. The lowest BCUT2D eigenvalue weighted by Gasteiger charge is -2.30. The van der Waals surface area contributed by atoms with E-state index < -0.39 is 102 Å². The zero-order valence-corrected chi connectivity index (χ0v) is 46.1. The van der Waals surface area contributed by atoms with Crippen LogP contribution >= 0.6 is 0 Å². The van der Waals surface area contributed by atoms with E-state index in [2.05, 4.69) is 59.8 Å². The highest BCUT2D eigenvalue weighted by Gasteiger charge is 2.39. The Morgan fingerprint density at radius 2 is 1.16 bits per heavy atom. The van der Waals surface area contributed by atoms with Crippen molar-refractivity contribution in [3.05, 3.63) is 71.4 Å². The fourth-order valence-electron chi connectivity index (χ4n) is 10.2. The zero-order valence-electron chi connectivity index (χ0n) is 46.1. The van der Waals surface area contributed by atoms with E-state index in [-0.39, 0.29) is 95.9 Å². The normalized spacial score (nSPS) is 22.8. The van der Waals surface area contributed by atoms with Crippen molar-refractivity contribution in [1.29, 1.82) is 0 Å². The smallest absolute Gasteiger partial charge is 0.243 e. The third-order valence-electron chi connectivity index (χ3n) is 14.5. The van der Waals surface area contributed by atoms with Gasteiger partial charge in [-0.3, -0.25) is 43.2 Å². The summed E-state index contributed by atoms with van der Waals surface area (Å²) in [6.45, 7) is 5.33. The number of unbranched alkanes of at least 4 members (excludes halogenated alkanes) is 4. The Labute approximate surface area is 462 Å². The minimum Gasteiger partial charge on any atom is -0.361 e. The fraction of sp³-hybridized carbons (Fsp3) is 0.589. The number of aromatic amines is 1. The highest BCUT2D eigenvalue weighted by Crippen LogP contribution is 2.29. The van der Waals surface area contributed by atoms with Crippen LogP contribution in [-0.2, 0) is 62.4 Å². The van der Waals surface area contributed by atoms with Gasteiger partial charge in [0.2, 0.25) is 53.2 Å². The number of carbonyl (C=O) groups is 9. The first-order valence-corrected chi connectivity index (χ1v) is 28.1.